The summed E-state index contributed by atoms with van der Waals surface area (Å²) in [6.45, 7) is 4.32. The fourth-order valence-electron chi connectivity index (χ4n) is 1.67. The zero-order chi connectivity index (χ0) is 13.0. The lowest BCUT2D eigenvalue weighted by Gasteiger charge is -2.06. The Kier molecular flexibility index (Phi) is 3.78. The van der Waals surface area contributed by atoms with Gasteiger partial charge in [-0.15, -0.1) is 0 Å². The van der Waals surface area contributed by atoms with Crippen molar-refractivity contribution < 1.29 is 9.53 Å². The van der Waals surface area contributed by atoms with Gasteiger partial charge in [-0.2, -0.15) is 0 Å². The molecule has 0 saturated heterocycles. The summed E-state index contributed by atoms with van der Waals surface area (Å²) in [7, 11) is 0. The Balaban J connectivity index is 2.02. The topological polar surface area (TPSA) is 26.3 Å². The zero-order valence-corrected chi connectivity index (χ0v) is 10.6. The van der Waals surface area contributed by atoms with E-state index in [1.165, 1.54) is 5.56 Å². The van der Waals surface area contributed by atoms with Crippen LogP contribution in [0.2, 0.25) is 0 Å². The highest BCUT2D eigenvalue weighted by Gasteiger charge is 2.08. The van der Waals surface area contributed by atoms with Crippen LogP contribution in [-0.4, -0.2) is 5.97 Å². The third-order valence-electron chi connectivity index (χ3n) is 2.96. The smallest absolute Gasteiger partial charge is 0.338 e. The maximum atomic E-state index is 11.9. The van der Waals surface area contributed by atoms with E-state index in [2.05, 4.69) is 0 Å². The van der Waals surface area contributed by atoms with Crippen molar-refractivity contribution >= 4 is 5.97 Å². The molecular weight excluding hydrogens is 224 g/mol. The number of hydrogen-bond acceptors (Lipinski definition) is 2. The van der Waals surface area contributed by atoms with Crippen molar-refractivity contribution in [2.45, 2.75) is 20.5 Å². The van der Waals surface area contributed by atoms with Gasteiger partial charge in [-0.25, -0.2) is 4.79 Å². The molecule has 0 heterocycles. The molecule has 2 nitrogen and oxygen atoms in total. The first-order chi connectivity index (χ1) is 8.66. The van der Waals surface area contributed by atoms with Crippen molar-refractivity contribution in [1.82, 2.24) is 0 Å². The summed E-state index contributed by atoms with van der Waals surface area (Å²) in [5.41, 5.74) is 3.88. The molecule has 0 aliphatic rings. The van der Waals surface area contributed by atoms with E-state index in [0.717, 1.165) is 11.1 Å². The normalized spacial score (nSPS) is 10.1. The Morgan fingerprint density at radius 2 is 1.72 bits per heavy atom. The molecule has 0 radical (unpaired) electrons. The van der Waals surface area contributed by atoms with Crippen molar-refractivity contribution in [2.75, 3.05) is 0 Å². The van der Waals surface area contributed by atoms with Gasteiger partial charge in [0, 0.05) is 0 Å². The van der Waals surface area contributed by atoms with Gasteiger partial charge in [0.15, 0.2) is 0 Å². The molecule has 0 aliphatic carbocycles. The molecule has 18 heavy (non-hydrogen) atoms. The molecule has 92 valence electrons. The number of hydrogen-bond donors (Lipinski definition) is 0. The van der Waals surface area contributed by atoms with Gasteiger partial charge in [-0.3, -0.25) is 0 Å². The molecule has 0 bridgehead atoms. The van der Waals surface area contributed by atoms with Crippen LogP contribution in [0, 0.1) is 13.8 Å². The molecule has 0 atom stereocenters. The van der Waals surface area contributed by atoms with Crippen LogP contribution in [0.15, 0.2) is 48.5 Å². The molecule has 0 spiro atoms. The molecule has 2 aromatic rings. The van der Waals surface area contributed by atoms with Gasteiger partial charge in [-0.05, 0) is 42.7 Å². The average molecular weight is 240 g/mol. The molecule has 0 aliphatic heterocycles. The van der Waals surface area contributed by atoms with E-state index in [-0.39, 0.29) is 5.97 Å². The van der Waals surface area contributed by atoms with Gasteiger partial charge in [0.2, 0.25) is 0 Å². The fourth-order valence-corrected chi connectivity index (χ4v) is 1.67. The largest absolute Gasteiger partial charge is 0.457 e. The lowest BCUT2D eigenvalue weighted by atomic mass is 10.1. The van der Waals surface area contributed by atoms with Crippen LogP contribution in [0.1, 0.15) is 27.0 Å². The molecule has 0 fully saturated rings. The van der Waals surface area contributed by atoms with Crippen molar-refractivity contribution in [1.29, 1.82) is 0 Å². The van der Waals surface area contributed by atoms with Crippen molar-refractivity contribution in [3.05, 3.63) is 70.8 Å². The summed E-state index contributed by atoms with van der Waals surface area (Å²) in [5, 5.41) is 0. The minimum absolute atomic E-state index is 0.276. The van der Waals surface area contributed by atoms with Gasteiger partial charge in [0.25, 0.3) is 0 Å². The highest BCUT2D eigenvalue weighted by atomic mass is 16.5. The van der Waals surface area contributed by atoms with Crippen LogP contribution >= 0.6 is 0 Å². The van der Waals surface area contributed by atoms with Crippen LogP contribution in [0.4, 0.5) is 0 Å². The molecule has 0 unspecified atom stereocenters. The molecule has 2 aromatic carbocycles. The summed E-state index contributed by atoms with van der Waals surface area (Å²) < 4.78 is 5.27. The minimum atomic E-state index is -0.276. The first-order valence-corrected chi connectivity index (χ1v) is 5.95. The number of benzene rings is 2. The van der Waals surface area contributed by atoms with Gasteiger partial charge in [0.05, 0.1) is 5.56 Å². The summed E-state index contributed by atoms with van der Waals surface area (Å²) in [6, 6.07) is 15.3. The summed E-state index contributed by atoms with van der Waals surface area (Å²) in [4.78, 5) is 11.9. The van der Waals surface area contributed by atoms with Gasteiger partial charge < -0.3 is 4.74 Å². The second-order valence-electron chi connectivity index (χ2n) is 4.36. The Morgan fingerprint density at radius 3 is 2.39 bits per heavy atom. The van der Waals surface area contributed by atoms with E-state index in [1.54, 1.807) is 6.07 Å². The molecular formula is C16H16O2. The molecule has 2 heteroatoms. The number of ether oxygens (including phenoxy) is 1. The third kappa shape index (κ3) is 2.98. The number of esters is 1. The second kappa shape index (κ2) is 5.50. The van der Waals surface area contributed by atoms with Gasteiger partial charge in [0.1, 0.15) is 6.61 Å². The molecule has 0 aromatic heterocycles. The van der Waals surface area contributed by atoms with E-state index in [0.29, 0.717) is 12.2 Å². The van der Waals surface area contributed by atoms with Gasteiger partial charge in [-0.1, -0.05) is 36.4 Å². The predicted molar refractivity (Wildman–Crippen MR) is 71.5 cm³/mol. The second-order valence-corrected chi connectivity index (χ2v) is 4.36. The summed E-state index contributed by atoms with van der Waals surface area (Å²) >= 11 is 0. The van der Waals surface area contributed by atoms with Crippen molar-refractivity contribution in [3.63, 3.8) is 0 Å². The average Bonchev–Trinajstić information content (AvgIpc) is 2.40. The van der Waals surface area contributed by atoms with Crippen LogP contribution < -0.4 is 0 Å². The Labute approximate surface area is 107 Å². The molecule has 0 N–H and O–H groups in total. The SMILES string of the molecule is Cc1ccc(C(=O)OCc2ccccc2)cc1C. The van der Waals surface area contributed by atoms with E-state index >= 15 is 0 Å². The first-order valence-electron chi connectivity index (χ1n) is 5.95. The van der Waals surface area contributed by atoms with Crippen molar-refractivity contribution in [2.24, 2.45) is 0 Å². The minimum Gasteiger partial charge on any atom is -0.457 e. The third-order valence-corrected chi connectivity index (χ3v) is 2.96. The zero-order valence-electron chi connectivity index (χ0n) is 10.6. The maximum absolute atomic E-state index is 11.9. The maximum Gasteiger partial charge on any atom is 0.338 e. The highest BCUT2D eigenvalue weighted by molar-refractivity contribution is 5.89. The lowest BCUT2D eigenvalue weighted by molar-refractivity contribution is 0.0472. The first kappa shape index (κ1) is 12.4. The van der Waals surface area contributed by atoms with Gasteiger partial charge >= 0.3 is 5.97 Å². The van der Waals surface area contributed by atoms with Crippen molar-refractivity contribution in [3.8, 4) is 0 Å². The standard InChI is InChI=1S/C16H16O2/c1-12-8-9-15(10-13(12)2)16(17)18-11-14-6-4-3-5-7-14/h3-10H,11H2,1-2H3. The number of rotatable bonds is 3. The van der Waals surface area contributed by atoms with E-state index < -0.39 is 0 Å². The summed E-state index contributed by atoms with van der Waals surface area (Å²) in [6.07, 6.45) is 0. The van der Waals surface area contributed by atoms with Crippen LogP contribution in [0.25, 0.3) is 0 Å². The van der Waals surface area contributed by atoms with Crippen LogP contribution in [0.3, 0.4) is 0 Å². The highest BCUT2D eigenvalue weighted by Crippen LogP contribution is 2.12. The Morgan fingerprint density at radius 1 is 1.00 bits per heavy atom. The number of carbonyl (C=O) groups is 1. The Hall–Kier alpha value is -2.09. The molecule has 0 saturated carbocycles. The number of aryl methyl sites for hydroxylation is 2. The quantitative estimate of drug-likeness (QED) is 0.765. The molecule has 0 amide bonds. The van der Waals surface area contributed by atoms with E-state index in [1.807, 2.05) is 56.3 Å². The van der Waals surface area contributed by atoms with Crippen LogP contribution in [-0.2, 0) is 11.3 Å². The Bertz CT molecular complexity index is 544. The fraction of sp³-hybridized carbons (Fsp3) is 0.188. The monoisotopic (exact) mass is 240 g/mol. The predicted octanol–water partition coefficient (Wildman–Crippen LogP) is 3.66. The summed E-state index contributed by atoms with van der Waals surface area (Å²) in [5.74, 6) is -0.276. The number of carbonyl (C=O) groups excluding carboxylic acids is 1. The van der Waals surface area contributed by atoms with E-state index in [9.17, 15) is 4.79 Å². The van der Waals surface area contributed by atoms with Crippen LogP contribution in [0.5, 0.6) is 0 Å². The van der Waals surface area contributed by atoms with E-state index in [4.69, 9.17) is 4.74 Å². The lowest BCUT2D eigenvalue weighted by Crippen LogP contribution is -2.05. The molecule has 2 rings (SSSR count).